The summed E-state index contributed by atoms with van der Waals surface area (Å²) in [6.07, 6.45) is 15.7. The molecule has 3 fully saturated rings. The number of hydrogen-bond donors (Lipinski definition) is 2. The largest absolute Gasteiger partial charge is 0.342 e. The molecule has 5 heteroatoms. The summed E-state index contributed by atoms with van der Waals surface area (Å²) in [4.78, 5) is 0. The summed E-state index contributed by atoms with van der Waals surface area (Å²) < 4.78 is 6.34. The van der Waals surface area contributed by atoms with Crippen molar-refractivity contribution in [3.05, 3.63) is 0 Å². The van der Waals surface area contributed by atoms with Crippen LogP contribution in [-0.4, -0.2) is 35.5 Å². The van der Waals surface area contributed by atoms with E-state index < -0.39 is 0 Å². The molecule has 3 aliphatic rings. The van der Waals surface area contributed by atoms with Gasteiger partial charge in [-0.25, -0.2) is 10.9 Å². The highest BCUT2D eigenvalue weighted by molar-refractivity contribution is 7.99. The zero-order chi connectivity index (χ0) is 14.7. The molecular weight excluding hydrogens is 300 g/mol. The van der Waals surface area contributed by atoms with Gasteiger partial charge in [-0.15, -0.1) is 0 Å². The molecule has 0 bridgehead atoms. The first-order chi connectivity index (χ1) is 10.3. The van der Waals surface area contributed by atoms with Gasteiger partial charge in [-0.2, -0.15) is 23.5 Å². The van der Waals surface area contributed by atoms with Crippen LogP contribution >= 0.6 is 23.5 Å². The summed E-state index contributed by atoms with van der Waals surface area (Å²) >= 11 is 4.07. The van der Waals surface area contributed by atoms with Crippen LogP contribution < -0.4 is 10.9 Å². The van der Waals surface area contributed by atoms with E-state index in [1.54, 1.807) is 0 Å². The molecule has 0 spiro atoms. The quantitative estimate of drug-likeness (QED) is 0.823. The van der Waals surface area contributed by atoms with Gasteiger partial charge in [0.1, 0.15) is 12.5 Å². The van der Waals surface area contributed by atoms with Gasteiger partial charge in [-0.05, 0) is 75.7 Å². The van der Waals surface area contributed by atoms with E-state index in [0.717, 1.165) is 10.5 Å². The summed E-state index contributed by atoms with van der Waals surface area (Å²) in [5.74, 6) is 1.40. The van der Waals surface area contributed by atoms with E-state index in [0.29, 0.717) is 11.8 Å². The zero-order valence-electron chi connectivity index (χ0n) is 13.3. The van der Waals surface area contributed by atoms with Gasteiger partial charge in [0.25, 0.3) is 0 Å². The van der Waals surface area contributed by atoms with E-state index in [2.05, 4.69) is 23.4 Å². The molecule has 2 unspecified atom stereocenters. The monoisotopic (exact) mass is 330 g/mol. The van der Waals surface area contributed by atoms with Crippen molar-refractivity contribution >= 4 is 23.5 Å². The third-order valence-corrected chi connectivity index (χ3v) is 7.90. The smallest absolute Gasteiger partial charge is 0.125 e. The molecule has 1 saturated heterocycles. The summed E-state index contributed by atoms with van der Waals surface area (Å²) in [6.45, 7) is 0. The molecule has 2 aliphatic carbocycles. The lowest BCUT2D eigenvalue weighted by molar-refractivity contribution is -0.0392. The molecule has 1 aliphatic heterocycles. The highest BCUT2D eigenvalue weighted by Gasteiger charge is 2.37. The third kappa shape index (κ3) is 4.11. The predicted molar refractivity (Wildman–Crippen MR) is 93.5 cm³/mol. The highest BCUT2D eigenvalue weighted by Crippen LogP contribution is 2.37. The second kappa shape index (κ2) is 7.91. The molecule has 2 saturated carbocycles. The summed E-state index contributed by atoms with van der Waals surface area (Å²) in [6, 6.07) is 0. The number of ether oxygens (including phenoxy) is 1. The maximum Gasteiger partial charge on any atom is 0.125 e. The van der Waals surface area contributed by atoms with Gasteiger partial charge in [-0.1, -0.05) is 0 Å². The topological polar surface area (TPSA) is 33.3 Å². The van der Waals surface area contributed by atoms with Crippen molar-refractivity contribution in [2.45, 2.75) is 74.3 Å². The molecule has 122 valence electrons. The lowest BCUT2D eigenvalue weighted by atomic mass is 9.87. The van der Waals surface area contributed by atoms with Crippen LogP contribution in [-0.2, 0) is 4.74 Å². The van der Waals surface area contributed by atoms with E-state index >= 15 is 0 Å². The van der Waals surface area contributed by atoms with Crippen LogP contribution in [0.2, 0.25) is 0 Å². The van der Waals surface area contributed by atoms with Crippen LogP contribution in [0.25, 0.3) is 0 Å². The van der Waals surface area contributed by atoms with Gasteiger partial charge in [0.2, 0.25) is 0 Å². The van der Waals surface area contributed by atoms with E-state index in [-0.39, 0.29) is 12.5 Å². The van der Waals surface area contributed by atoms with Gasteiger partial charge in [0, 0.05) is 10.5 Å². The highest BCUT2D eigenvalue weighted by atomic mass is 32.2. The van der Waals surface area contributed by atoms with Crippen molar-refractivity contribution in [1.82, 2.24) is 10.9 Å². The van der Waals surface area contributed by atoms with Gasteiger partial charge < -0.3 is 4.74 Å². The van der Waals surface area contributed by atoms with Gasteiger partial charge >= 0.3 is 0 Å². The van der Waals surface area contributed by atoms with Gasteiger partial charge in [0.15, 0.2) is 0 Å². The van der Waals surface area contributed by atoms with Crippen molar-refractivity contribution in [2.24, 2.45) is 11.8 Å². The first kappa shape index (κ1) is 16.4. The van der Waals surface area contributed by atoms with Crippen LogP contribution in [0.4, 0.5) is 0 Å². The summed E-state index contributed by atoms with van der Waals surface area (Å²) in [5, 5.41) is 1.77. The molecule has 0 aromatic carbocycles. The molecule has 2 atom stereocenters. The number of nitrogens with one attached hydrogen (secondary N) is 2. The molecule has 0 aromatic rings. The number of rotatable bonds is 4. The summed E-state index contributed by atoms with van der Waals surface area (Å²) in [5.41, 5.74) is 6.90. The minimum Gasteiger partial charge on any atom is -0.342 e. The van der Waals surface area contributed by atoms with Crippen LogP contribution in [0.5, 0.6) is 0 Å². The fourth-order valence-electron chi connectivity index (χ4n) is 4.10. The Bertz CT molecular complexity index is 285. The SMILES string of the molecule is CSC1CCC(C2NNC(C3CCC(SC)CC3)O2)CC1. The Morgan fingerprint density at radius 3 is 1.38 bits per heavy atom. The first-order valence-electron chi connectivity index (χ1n) is 8.52. The molecular formula is C16H30N2OS2. The fraction of sp³-hybridized carbons (Fsp3) is 1.00. The molecule has 0 radical (unpaired) electrons. The lowest BCUT2D eigenvalue weighted by Gasteiger charge is -2.32. The second-order valence-corrected chi connectivity index (χ2v) is 9.09. The first-order valence-corrected chi connectivity index (χ1v) is 11.1. The average molecular weight is 331 g/mol. The summed E-state index contributed by atoms with van der Waals surface area (Å²) in [7, 11) is 0. The zero-order valence-corrected chi connectivity index (χ0v) is 15.0. The van der Waals surface area contributed by atoms with E-state index in [1.807, 2.05) is 23.5 Å². The average Bonchev–Trinajstić information content (AvgIpc) is 3.05. The van der Waals surface area contributed by atoms with E-state index in [4.69, 9.17) is 4.74 Å². The minimum atomic E-state index is 0.246. The number of hydrazine groups is 1. The van der Waals surface area contributed by atoms with Crippen molar-refractivity contribution in [1.29, 1.82) is 0 Å². The Hall–Kier alpha value is 0.580. The number of thioether (sulfide) groups is 2. The third-order valence-electron chi connectivity index (χ3n) is 5.62. The number of hydrogen-bond acceptors (Lipinski definition) is 5. The van der Waals surface area contributed by atoms with Crippen LogP contribution in [0, 0.1) is 11.8 Å². The Morgan fingerprint density at radius 1 is 0.667 bits per heavy atom. The Kier molecular flexibility index (Phi) is 6.19. The molecule has 0 amide bonds. The molecule has 2 N–H and O–H groups in total. The Morgan fingerprint density at radius 2 is 1.05 bits per heavy atom. The van der Waals surface area contributed by atoms with Gasteiger partial charge in [-0.3, -0.25) is 0 Å². The molecule has 21 heavy (non-hydrogen) atoms. The molecule has 1 heterocycles. The van der Waals surface area contributed by atoms with E-state index in [9.17, 15) is 0 Å². The van der Waals surface area contributed by atoms with Crippen molar-refractivity contribution in [3.63, 3.8) is 0 Å². The molecule has 0 aromatic heterocycles. The van der Waals surface area contributed by atoms with Crippen LogP contribution in [0.3, 0.4) is 0 Å². The van der Waals surface area contributed by atoms with Crippen LogP contribution in [0.15, 0.2) is 0 Å². The van der Waals surface area contributed by atoms with Gasteiger partial charge in [0.05, 0.1) is 0 Å². The maximum absolute atomic E-state index is 6.34. The van der Waals surface area contributed by atoms with Crippen LogP contribution in [0.1, 0.15) is 51.4 Å². The Balaban J connectivity index is 1.43. The fourth-order valence-corrected chi connectivity index (χ4v) is 5.59. The molecule has 3 nitrogen and oxygen atoms in total. The maximum atomic E-state index is 6.34. The molecule has 3 rings (SSSR count). The van der Waals surface area contributed by atoms with Crippen molar-refractivity contribution < 1.29 is 4.74 Å². The van der Waals surface area contributed by atoms with Crippen molar-refractivity contribution in [3.8, 4) is 0 Å². The standard InChI is InChI=1S/C16H30N2OS2/c1-20-13-7-3-11(4-8-13)15-17-18-16(19-15)12-5-9-14(21-2)10-6-12/h11-18H,3-10H2,1-2H3. The lowest BCUT2D eigenvalue weighted by Crippen LogP contribution is -2.40. The van der Waals surface area contributed by atoms with E-state index in [1.165, 1.54) is 51.4 Å². The second-order valence-electron chi connectivity index (χ2n) is 6.81. The normalized spacial score (nSPS) is 44.9. The van der Waals surface area contributed by atoms with Crippen molar-refractivity contribution in [2.75, 3.05) is 12.5 Å². The minimum absolute atomic E-state index is 0.246. The Labute approximate surface area is 138 Å². The predicted octanol–water partition coefficient (Wildman–Crippen LogP) is 3.61.